The zero-order valence-electron chi connectivity index (χ0n) is 14.5. The lowest BCUT2D eigenvalue weighted by molar-refractivity contribution is -0.123. The van der Waals surface area contributed by atoms with Crippen molar-refractivity contribution < 1.29 is 18.8 Å². The van der Waals surface area contributed by atoms with Gasteiger partial charge in [-0.3, -0.25) is 4.79 Å². The van der Waals surface area contributed by atoms with Gasteiger partial charge < -0.3 is 19.3 Å². The molecule has 7 nitrogen and oxygen atoms in total. The average Bonchev–Trinajstić information content (AvgIpc) is 3.17. The number of benzene rings is 2. The minimum atomic E-state index is -0.446. The first-order valence-electron chi connectivity index (χ1n) is 8.11. The molecule has 3 aromatic rings. The monoisotopic (exact) mass is 353 g/mol. The molecule has 1 N–H and O–H groups in total. The van der Waals surface area contributed by atoms with Gasteiger partial charge in [-0.1, -0.05) is 35.5 Å². The standard InChI is InChI=1S/C19H19N3O4/c1-13(20-17(23)12-25-14-8-4-3-5-9-14)19-21-18(22-26-19)15-10-6-7-11-16(15)24-2/h3-11,13H,12H2,1-2H3,(H,20,23)/t13-/m1/s1. The number of amides is 1. The van der Waals surface area contributed by atoms with Gasteiger partial charge in [-0.15, -0.1) is 0 Å². The van der Waals surface area contributed by atoms with E-state index >= 15 is 0 Å². The van der Waals surface area contributed by atoms with Gasteiger partial charge in [0.05, 0.1) is 12.7 Å². The largest absolute Gasteiger partial charge is 0.496 e. The van der Waals surface area contributed by atoms with Crippen LogP contribution in [0.1, 0.15) is 18.9 Å². The van der Waals surface area contributed by atoms with Crippen LogP contribution in [0.15, 0.2) is 59.1 Å². The first-order valence-corrected chi connectivity index (χ1v) is 8.11. The van der Waals surface area contributed by atoms with E-state index in [1.54, 1.807) is 26.2 Å². The van der Waals surface area contributed by atoms with Crippen LogP contribution >= 0.6 is 0 Å². The van der Waals surface area contributed by atoms with Crippen molar-refractivity contribution in [3.8, 4) is 22.9 Å². The van der Waals surface area contributed by atoms with Crippen molar-refractivity contribution in [3.63, 3.8) is 0 Å². The highest BCUT2D eigenvalue weighted by atomic mass is 16.5. The fourth-order valence-electron chi connectivity index (χ4n) is 2.36. The quantitative estimate of drug-likeness (QED) is 0.703. The third-order valence-electron chi connectivity index (χ3n) is 3.65. The van der Waals surface area contributed by atoms with Crippen LogP contribution in [-0.2, 0) is 4.79 Å². The molecule has 26 heavy (non-hydrogen) atoms. The van der Waals surface area contributed by atoms with E-state index in [2.05, 4.69) is 15.5 Å². The summed E-state index contributed by atoms with van der Waals surface area (Å²) in [6.07, 6.45) is 0. The number of rotatable bonds is 7. The topological polar surface area (TPSA) is 86.5 Å². The molecule has 0 aliphatic carbocycles. The molecule has 0 aliphatic heterocycles. The molecular formula is C19H19N3O4. The number of nitrogens with one attached hydrogen (secondary N) is 1. The molecule has 1 heterocycles. The number of para-hydroxylation sites is 2. The lowest BCUT2D eigenvalue weighted by Gasteiger charge is -2.10. The van der Waals surface area contributed by atoms with Crippen LogP contribution in [0.2, 0.25) is 0 Å². The maximum atomic E-state index is 12.0. The molecule has 3 rings (SSSR count). The molecular weight excluding hydrogens is 334 g/mol. The number of hydrogen-bond acceptors (Lipinski definition) is 6. The third kappa shape index (κ3) is 4.18. The summed E-state index contributed by atoms with van der Waals surface area (Å²) < 4.78 is 16.0. The molecule has 1 amide bonds. The molecule has 2 aromatic carbocycles. The summed E-state index contributed by atoms with van der Waals surface area (Å²) in [4.78, 5) is 16.4. The minimum Gasteiger partial charge on any atom is -0.496 e. The van der Waals surface area contributed by atoms with Crippen LogP contribution in [0.3, 0.4) is 0 Å². The highest BCUT2D eigenvalue weighted by Crippen LogP contribution is 2.27. The van der Waals surface area contributed by atoms with Gasteiger partial charge in [-0.25, -0.2) is 0 Å². The van der Waals surface area contributed by atoms with E-state index in [1.165, 1.54) is 0 Å². The summed E-state index contributed by atoms with van der Waals surface area (Å²) in [5.41, 5.74) is 0.718. The van der Waals surface area contributed by atoms with Gasteiger partial charge in [0.25, 0.3) is 5.91 Å². The summed E-state index contributed by atoms with van der Waals surface area (Å²) in [6, 6.07) is 16.1. The van der Waals surface area contributed by atoms with Crippen molar-refractivity contribution in [1.82, 2.24) is 15.5 Å². The Balaban J connectivity index is 1.61. The predicted octanol–water partition coefficient (Wildman–Crippen LogP) is 3.00. The van der Waals surface area contributed by atoms with Gasteiger partial charge in [0.1, 0.15) is 17.5 Å². The van der Waals surface area contributed by atoms with Crippen molar-refractivity contribution in [2.75, 3.05) is 13.7 Å². The number of carbonyl (C=O) groups is 1. The highest BCUT2D eigenvalue weighted by Gasteiger charge is 2.19. The van der Waals surface area contributed by atoms with Gasteiger partial charge in [-0.2, -0.15) is 4.98 Å². The molecule has 1 aromatic heterocycles. The Morgan fingerprint density at radius 2 is 1.88 bits per heavy atom. The molecule has 0 unspecified atom stereocenters. The SMILES string of the molecule is COc1ccccc1-c1noc([C@@H](C)NC(=O)COc2ccccc2)n1. The third-order valence-corrected chi connectivity index (χ3v) is 3.65. The van der Waals surface area contributed by atoms with Gasteiger partial charge >= 0.3 is 0 Å². The molecule has 134 valence electrons. The van der Waals surface area contributed by atoms with Crippen molar-refractivity contribution in [2.24, 2.45) is 0 Å². The summed E-state index contributed by atoms with van der Waals surface area (Å²) in [5.74, 6) is 1.70. The van der Waals surface area contributed by atoms with E-state index in [0.717, 1.165) is 5.56 Å². The summed E-state index contributed by atoms with van der Waals surface area (Å²) >= 11 is 0. The Bertz CT molecular complexity index is 864. The van der Waals surface area contributed by atoms with Crippen LogP contribution in [0.4, 0.5) is 0 Å². The normalized spacial score (nSPS) is 11.6. The molecule has 1 atom stereocenters. The molecule has 0 fully saturated rings. The maximum absolute atomic E-state index is 12.0. The van der Waals surface area contributed by atoms with E-state index < -0.39 is 6.04 Å². The van der Waals surface area contributed by atoms with E-state index in [0.29, 0.717) is 23.2 Å². The van der Waals surface area contributed by atoms with Gasteiger partial charge in [-0.05, 0) is 31.2 Å². The average molecular weight is 353 g/mol. The smallest absolute Gasteiger partial charge is 0.258 e. The van der Waals surface area contributed by atoms with Crippen molar-refractivity contribution in [2.45, 2.75) is 13.0 Å². The number of nitrogens with zero attached hydrogens (tertiary/aromatic N) is 2. The van der Waals surface area contributed by atoms with E-state index in [1.807, 2.05) is 42.5 Å². The molecule has 0 saturated heterocycles. The van der Waals surface area contributed by atoms with Crippen LogP contribution < -0.4 is 14.8 Å². The highest BCUT2D eigenvalue weighted by molar-refractivity contribution is 5.77. The minimum absolute atomic E-state index is 0.0954. The second-order valence-corrected chi connectivity index (χ2v) is 5.55. The molecule has 0 bridgehead atoms. The zero-order chi connectivity index (χ0) is 18.4. The van der Waals surface area contributed by atoms with Crippen molar-refractivity contribution >= 4 is 5.91 Å². The number of carbonyl (C=O) groups excluding carboxylic acids is 1. The fraction of sp³-hybridized carbons (Fsp3) is 0.211. The number of ether oxygens (including phenoxy) is 2. The maximum Gasteiger partial charge on any atom is 0.258 e. The Morgan fingerprint density at radius 3 is 2.65 bits per heavy atom. The Hall–Kier alpha value is -3.35. The van der Waals surface area contributed by atoms with Crippen LogP contribution in [0, 0.1) is 0 Å². The van der Waals surface area contributed by atoms with Gasteiger partial charge in [0.15, 0.2) is 6.61 Å². The number of hydrogen-bond donors (Lipinski definition) is 1. The molecule has 0 radical (unpaired) electrons. The molecule has 7 heteroatoms. The molecule has 0 aliphatic rings. The van der Waals surface area contributed by atoms with Crippen LogP contribution in [0.25, 0.3) is 11.4 Å². The second-order valence-electron chi connectivity index (χ2n) is 5.55. The first kappa shape index (κ1) is 17.5. The summed E-state index contributed by atoms with van der Waals surface area (Å²) in [5, 5.41) is 6.74. The Kier molecular flexibility index (Phi) is 5.48. The number of methoxy groups -OCH3 is 1. The second kappa shape index (κ2) is 8.15. The van der Waals surface area contributed by atoms with Gasteiger partial charge in [0.2, 0.25) is 11.7 Å². The zero-order valence-corrected chi connectivity index (χ0v) is 14.5. The van der Waals surface area contributed by atoms with Crippen LogP contribution in [-0.4, -0.2) is 29.8 Å². The van der Waals surface area contributed by atoms with E-state index in [9.17, 15) is 4.79 Å². The van der Waals surface area contributed by atoms with Gasteiger partial charge in [0, 0.05) is 0 Å². The number of aromatic nitrogens is 2. The molecule has 0 spiro atoms. The van der Waals surface area contributed by atoms with Crippen molar-refractivity contribution in [1.29, 1.82) is 0 Å². The van der Waals surface area contributed by atoms with E-state index in [4.69, 9.17) is 14.0 Å². The first-order chi connectivity index (χ1) is 12.7. The summed E-state index contributed by atoms with van der Waals surface area (Å²) in [7, 11) is 1.58. The lowest BCUT2D eigenvalue weighted by Crippen LogP contribution is -2.31. The van der Waals surface area contributed by atoms with Crippen molar-refractivity contribution in [3.05, 3.63) is 60.5 Å². The predicted molar refractivity (Wildman–Crippen MR) is 94.8 cm³/mol. The molecule has 0 saturated carbocycles. The Labute approximate surface area is 150 Å². The lowest BCUT2D eigenvalue weighted by atomic mass is 10.2. The summed E-state index contributed by atoms with van der Waals surface area (Å²) in [6.45, 7) is 1.67. The van der Waals surface area contributed by atoms with Crippen LogP contribution in [0.5, 0.6) is 11.5 Å². The fourth-order valence-corrected chi connectivity index (χ4v) is 2.36. The Morgan fingerprint density at radius 1 is 1.15 bits per heavy atom. The van der Waals surface area contributed by atoms with E-state index in [-0.39, 0.29) is 12.5 Å².